The number of rotatable bonds is 17. The number of aliphatic hydroxyl groups excluding tert-OH is 2. The number of epoxide rings is 1. The molecule has 1 aliphatic rings. The molecule has 1 radical (unpaired) electrons. The number of hydrogen-bond acceptors (Lipinski definition) is 3. The fraction of sp³-hybridized carbons (Fsp3) is 1.00. The van der Waals surface area contributed by atoms with Crippen molar-refractivity contribution >= 4 is 0 Å². The van der Waals surface area contributed by atoms with Crippen molar-refractivity contribution in [3.05, 3.63) is 0 Å². The van der Waals surface area contributed by atoms with E-state index in [4.69, 9.17) is 14.9 Å². The summed E-state index contributed by atoms with van der Waals surface area (Å²) in [5.74, 6) is 0. The van der Waals surface area contributed by atoms with Crippen LogP contribution in [0.2, 0.25) is 0 Å². The van der Waals surface area contributed by atoms with Crippen molar-refractivity contribution in [2.45, 2.75) is 129 Å². The number of unbranched alkanes of at least 4 members (excludes halogenated alkanes) is 14. The number of aliphatic hydroxyl groups is 2. The zero-order chi connectivity index (χ0) is 19.7. The molecule has 0 spiro atoms. The van der Waals surface area contributed by atoms with Crippen LogP contribution in [0.1, 0.15) is 123 Å². The van der Waals surface area contributed by atoms with Gasteiger partial charge in [-0.25, -0.2) is 0 Å². The first-order chi connectivity index (χ1) is 12.8. The number of ether oxygens (including phenoxy) is 1. The van der Waals surface area contributed by atoms with Gasteiger partial charge in [0.15, 0.2) is 0 Å². The first-order valence-corrected chi connectivity index (χ1v) is 11.5. The maximum atomic E-state index is 8.66. The quantitative estimate of drug-likeness (QED) is 0.188. The van der Waals surface area contributed by atoms with Crippen molar-refractivity contribution in [2.75, 3.05) is 20.3 Å². The van der Waals surface area contributed by atoms with E-state index in [1.165, 1.54) is 103 Å². The van der Waals surface area contributed by atoms with E-state index >= 15 is 0 Å². The van der Waals surface area contributed by atoms with Crippen LogP contribution in [0.15, 0.2) is 0 Å². The largest absolute Gasteiger partial charge is 0.400 e. The van der Waals surface area contributed by atoms with Crippen molar-refractivity contribution in [3.63, 3.8) is 0 Å². The summed E-state index contributed by atoms with van der Waals surface area (Å²) >= 11 is 0. The van der Waals surface area contributed by atoms with Gasteiger partial charge < -0.3 is 14.9 Å². The second kappa shape index (κ2) is 31.7. The average Bonchev–Trinajstić information content (AvgIpc) is 3.49. The van der Waals surface area contributed by atoms with E-state index in [0.29, 0.717) is 12.7 Å². The van der Waals surface area contributed by atoms with Gasteiger partial charge in [0.2, 0.25) is 0 Å². The Balaban J connectivity index is -0.000000532. The first-order valence-electron chi connectivity index (χ1n) is 11.5. The van der Waals surface area contributed by atoms with Crippen LogP contribution < -0.4 is 0 Å². The summed E-state index contributed by atoms with van der Waals surface area (Å²) < 4.78 is 4.95. The molecule has 163 valence electrons. The van der Waals surface area contributed by atoms with E-state index < -0.39 is 0 Å². The molecule has 1 fully saturated rings. The van der Waals surface area contributed by atoms with Gasteiger partial charge >= 0.3 is 0 Å². The molecule has 0 aliphatic carbocycles. The minimum Gasteiger partial charge on any atom is -0.400 e. The van der Waals surface area contributed by atoms with Gasteiger partial charge in [0.05, 0.1) is 12.7 Å². The van der Waals surface area contributed by atoms with E-state index in [-0.39, 0.29) is 32.7 Å². The predicted molar refractivity (Wildman–Crippen MR) is 115 cm³/mol. The van der Waals surface area contributed by atoms with E-state index in [9.17, 15) is 0 Å². The molecule has 0 aromatic carbocycles. The normalized spacial score (nSPS) is 14.3. The van der Waals surface area contributed by atoms with Crippen LogP contribution in [0.4, 0.5) is 0 Å². The van der Waals surface area contributed by atoms with Gasteiger partial charge in [-0.1, -0.05) is 110 Å². The third-order valence-electron chi connectivity index (χ3n) is 4.77. The molecule has 1 unspecified atom stereocenters. The molecule has 0 aromatic heterocycles. The zero-order valence-electron chi connectivity index (χ0n) is 18.9. The van der Waals surface area contributed by atoms with Crippen LogP contribution in [-0.4, -0.2) is 36.6 Å². The first kappa shape index (κ1) is 32.6. The molecule has 1 aliphatic heterocycles. The van der Waals surface area contributed by atoms with Crippen molar-refractivity contribution < 1.29 is 47.7 Å². The average molecular weight is 464 g/mol. The van der Waals surface area contributed by atoms with Crippen LogP contribution in [-0.2, 0) is 37.4 Å². The second-order valence-corrected chi connectivity index (χ2v) is 7.42. The third-order valence-corrected chi connectivity index (χ3v) is 4.77. The van der Waals surface area contributed by atoms with Gasteiger partial charge in [-0.15, -0.1) is 0 Å². The van der Waals surface area contributed by atoms with Gasteiger partial charge in [-0.05, 0) is 12.8 Å². The molecule has 3 nitrogen and oxygen atoms in total. The van der Waals surface area contributed by atoms with Crippen LogP contribution >= 0.6 is 0 Å². The van der Waals surface area contributed by atoms with Gasteiger partial charge in [0.1, 0.15) is 0 Å². The SMILES string of the molecule is CCCC1CO1.CCCCCCCCCCCCCCCCCO.CO.[Y]. The van der Waals surface area contributed by atoms with Crippen LogP contribution in [0, 0.1) is 0 Å². The zero-order valence-corrected chi connectivity index (χ0v) is 21.7. The minimum atomic E-state index is 0. The summed E-state index contributed by atoms with van der Waals surface area (Å²) in [6.07, 6.45) is 23.9. The Kier molecular flexibility index (Phi) is 38.3. The summed E-state index contributed by atoms with van der Waals surface area (Å²) in [7, 11) is 1.00. The third kappa shape index (κ3) is 34.9. The maximum absolute atomic E-state index is 8.66. The van der Waals surface area contributed by atoms with E-state index in [1.54, 1.807) is 0 Å². The van der Waals surface area contributed by atoms with Gasteiger partial charge in [0.25, 0.3) is 0 Å². The Morgan fingerprint density at radius 3 is 1.19 bits per heavy atom. The summed E-state index contributed by atoms with van der Waals surface area (Å²) in [6, 6.07) is 0. The minimum absolute atomic E-state index is 0. The fourth-order valence-electron chi connectivity index (χ4n) is 3.04. The molecule has 2 N–H and O–H groups in total. The molecular weight excluding hydrogens is 413 g/mol. The van der Waals surface area contributed by atoms with Crippen molar-refractivity contribution in [1.29, 1.82) is 0 Å². The summed E-state index contributed by atoms with van der Waals surface area (Å²) in [6.45, 7) is 5.86. The molecule has 0 saturated carbocycles. The molecule has 4 heteroatoms. The molecule has 1 saturated heterocycles. The predicted octanol–water partition coefficient (Wildman–Crippen LogP) is 6.64. The topological polar surface area (TPSA) is 53.0 Å². The Morgan fingerprint density at radius 1 is 0.630 bits per heavy atom. The van der Waals surface area contributed by atoms with Crippen molar-refractivity contribution in [2.24, 2.45) is 0 Å². The summed E-state index contributed by atoms with van der Waals surface area (Å²) in [5, 5.41) is 15.7. The smallest absolute Gasteiger partial charge is 0.0809 e. The Morgan fingerprint density at radius 2 is 0.963 bits per heavy atom. The number of hydrogen-bond donors (Lipinski definition) is 2. The Hall–Kier alpha value is 0.984. The summed E-state index contributed by atoms with van der Waals surface area (Å²) in [5.41, 5.74) is 0. The van der Waals surface area contributed by atoms with Crippen molar-refractivity contribution in [3.8, 4) is 0 Å². The van der Waals surface area contributed by atoms with E-state index in [0.717, 1.165) is 20.1 Å². The standard InChI is InChI=1S/C17H36O.C5H10O.CH4O.Y/c1-2-3-4-5-6-7-8-9-10-11-12-13-14-15-16-17-18;1-2-3-5-4-6-5;1-2;/h18H,2-17H2,1H3;5H,2-4H2,1H3;2H,1H3;. The molecule has 27 heavy (non-hydrogen) atoms. The molecule has 0 bridgehead atoms. The van der Waals surface area contributed by atoms with Gasteiger partial charge in [-0.2, -0.15) is 0 Å². The molecule has 1 heterocycles. The van der Waals surface area contributed by atoms with Gasteiger partial charge in [0, 0.05) is 46.4 Å². The van der Waals surface area contributed by atoms with E-state index in [2.05, 4.69) is 13.8 Å². The Labute approximate surface area is 196 Å². The van der Waals surface area contributed by atoms with Crippen LogP contribution in [0.5, 0.6) is 0 Å². The maximum Gasteiger partial charge on any atom is 0.0809 e. The van der Waals surface area contributed by atoms with Gasteiger partial charge in [-0.3, -0.25) is 0 Å². The molecule has 1 atom stereocenters. The van der Waals surface area contributed by atoms with Crippen LogP contribution in [0.25, 0.3) is 0 Å². The Bertz CT molecular complexity index is 208. The molecular formula is C23H50O3Y. The van der Waals surface area contributed by atoms with Crippen molar-refractivity contribution in [1.82, 2.24) is 0 Å². The molecule has 1 rings (SSSR count). The van der Waals surface area contributed by atoms with E-state index in [1.807, 2.05) is 0 Å². The monoisotopic (exact) mass is 463 g/mol. The molecule has 0 amide bonds. The summed E-state index contributed by atoms with van der Waals surface area (Å²) in [4.78, 5) is 0. The van der Waals surface area contributed by atoms with Crippen LogP contribution in [0.3, 0.4) is 0 Å². The fourth-order valence-corrected chi connectivity index (χ4v) is 3.04. The second-order valence-electron chi connectivity index (χ2n) is 7.42. The molecule has 0 aromatic rings.